The van der Waals surface area contributed by atoms with Crippen LogP contribution in [0.1, 0.15) is 79.6 Å². The van der Waals surface area contributed by atoms with Crippen molar-refractivity contribution in [3.8, 4) is 0 Å². The number of carbonyl (C=O) groups is 1. The van der Waals surface area contributed by atoms with Gasteiger partial charge < -0.3 is 14.8 Å². The number of unbranched alkanes of at least 4 members (excludes halogenated alkanes) is 4. The van der Waals surface area contributed by atoms with Gasteiger partial charge in [-0.2, -0.15) is 0 Å². The summed E-state index contributed by atoms with van der Waals surface area (Å²) >= 11 is 0. The highest BCUT2D eigenvalue weighted by molar-refractivity contribution is 5.67. The van der Waals surface area contributed by atoms with Gasteiger partial charge in [-0.15, -0.1) is 0 Å². The number of amides is 1. The zero-order chi connectivity index (χ0) is 19.9. The maximum Gasteiger partial charge on any atom is 0.407 e. The summed E-state index contributed by atoms with van der Waals surface area (Å²) in [6.45, 7) is 13.0. The molecule has 4 heteroatoms. The van der Waals surface area contributed by atoms with E-state index < -0.39 is 0 Å². The van der Waals surface area contributed by atoms with E-state index in [1.807, 2.05) is 0 Å². The largest absolute Gasteiger partial charge is 0.449 e. The van der Waals surface area contributed by atoms with E-state index in [9.17, 15) is 4.79 Å². The number of allylic oxidation sites excluding steroid dienone is 1. The molecule has 2 bridgehead atoms. The van der Waals surface area contributed by atoms with Crippen LogP contribution in [0.3, 0.4) is 0 Å². The lowest BCUT2D eigenvalue weighted by atomic mass is 9.56. The molecule has 1 aliphatic carbocycles. The van der Waals surface area contributed by atoms with Crippen molar-refractivity contribution in [1.29, 1.82) is 0 Å². The van der Waals surface area contributed by atoms with E-state index in [2.05, 4.69) is 46.0 Å². The fourth-order valence-electron chi connectivity index (χ4n) is 5.04. The van der Waals surface area contributed by atoms with Gasteiger partial charge in [-0.1, -0.05) is 71.4 Å². The molecule has 1 amide bonds. The van der Waals surface area contributed by atoms with Crippen molar-refractivity contribution in [2.45, 2.75) is 85.7 Å². The van der Waals surface area contributed by atoms with Gasteiger partial charge in [0.25, 0.3) is 0 Å². The summed E-state index contributed by atoms with van der Waals surface area (Å²) in [5, 5.41) is 2.86. The molecule has 4 nitrogen and oxygen atoms in total. The third-order valence-electron chi connectivity index (χ3n) is 6.97. The predicted octanol–water partition coefficient (Wildman–Crippen LogP) is 5.72. The van der Waals surface area contributed by atoms with Crippen molar-refractivity contribution in [2.24, 2.45) is 23.2 Å². The smallest absolute Gasteiger partial charge is 0.407 e. The molecule has 2 rings (SSSR count). The molecule has 0 aromatic heterocycles. The average molecular weight is 380 g/mol. The van der Waals surface area contributed by atoms with Crippen LogP contribution in [0.5, 0.6) is 0 Å². The molecule has 1 saturated heterocycles. The molecular formula is C23H41NO3. The lowest BCUT2D eigenvalue weighted by Gasteiger charge is -2.55. The highest BCUT2D eigenvalue weighted by Gasteiger charge is 2.53. The summed E-state index contributed by atoms with van der Waals surface area (Å²) in [5.74, 6) is 1.27. The summed E-state index contributed by atoms with van der Waals surface area (Å²) in [6, 6.07) is 0. The standard InChI is InChI=1S/C23H41NO3/c1-6-8-10-11-12-20-21-17(3)14-18(4)23(15-26-20,19(21)5)16-27-22(25)24-13-9-7-2/h14,18-21H,6-13,15-16H2,1-5H3,(H,24,25)/t18-,19-,20+,21-,23+/m0/s1. The molecule has 0 aromatic carbocycles. The summed E-state index contributed by atoms with van der Waals surface area (Å²) in [4.78, 5) is 12.1. The van der Waals surface area contributed by atoms with Crippen LogP contribution in [-0.2, 0) is 9.47 Å². The third-order valence-corrected chi connectivity index (χ3v) is 6.97. The lowest BCUT2D eigenvalue weighted by Crippen LogP contribution is -2.57. The minimum atomic E-state index is -0.290. The van der Waals surface area contributed by atoms with Gasteiger partial charge in [0.1, 0.15) is 6.61 Å². The minimum absolute atomic E-state index is 0.105. The Bertz CT molecular complexity index is 504. The number of alkyl carbamates (subject to hydrolysis) is 1. The molecule has 5 atom stereocenters. The Labute approximate surface area is 166 Å². The van der Waals surface area contributed by atoms with Crippen molar-refractivity contribution in [3.05, 3.63) is 11.6 Å². The number of hydrogen-bond acceptors (Lipinski definition) is 3. The lowest BCUT2D eigenvalue weighted by molar-refractivity contribution is -0.165. The zero-order valence-corrected chi connectivity index (χ0v) is 18.2. The molecule has 0 unspecified atom stereocenters. The van der Waals surface area contributed by atoms with Gasteiger partial charge in [0.05, 0.1) is 12.7 Å². The molecule has 27 heavy (non-hydrogen) atoms. The van der Waals surface area contributed by atoms with E-state index in [0.29, 0.717) is 43.6 Å². The van der Waals surface area contributed by atoms with Crippen LogP contribution in [0.4, 0.5) is 4.79 Å². The first-order valence-electron chi connectivity index (χ1n) is 11.2. The average Bonchev–Trinajstić information content (AvgIpc) is 2.63. The zero-order valence-electron chi connectivity index (χ0n) is 18.2. The Balaban J connectivity index is 2.00. The van der Waals surface area contributed by atoms with E-state index >= 15 is 0 Å². The quantitative estimate of drug-likeness (QED) is 0.390. The first kappa shape index (κ1) is 22.3. The van der Waals surface area contributed by atoms with Crippen LogP contribution in [0.2, 0.25) is 0 Å². The van der Waals surface area contributed by atoms with Crippen LogP contribution < -0.4 is 5.32 Å². The van der Waals surface area contributed by atoms with Crippen molar-refractivity contribution in [3.63, 3.8) is 0 Å². The van der Waals surface area contributed by atoms with Gasteiger partial charge in [0, 0.05) is 17.9 Å². The van der Waals surface area contributed by atoms with Crippen LogP contribution in [0.25, 0.3) is 0 Å². The summed E-state index contributed by atoms with van der Waals surface area (Å²) in [5.41, 5.74) is 1.35. The fraction of sp³-hybridized carbons (Fsp3) is 0.870. The maximum atomic E-state index is 12.1. The topological polar surface area (TPSA) is 47.6 Å². The van der Waals surface area contributed by atoms with Crippen LogP contribution in [-0.4, -0.2) is 32.0 Å². The second-order valence-electron chi connectivity index (χ2n) is 8.80. The monoisotopic (exact) mass is 379 g/mol. The summed E-state index contributed by atoms with van der Waals surface area (Å²) in [6.07, 6.45) is 10.7. The Kier molecular flexibility index (Phi) is 8.65. The molecule has 156 valence electrons. The molecule has 0 radical (unpaired) electrons. The molecule has 1 aliphatic heterocycles. The van der Waals surface area contributed by atoms with Crippen molar-refractivity contribution < 1.29 is 14.3 Å². The number of hydrogen-bond donors (Lipinski definition) is 1. The van der Waals surface area contributed by atoms with E-state index in [-0.39, 0.29) is 11.5 Å². The molecule has 1 heterocycles. The third kappa shape index (κ3) is 5.28. The van der Waals surface area contributed by atoms with Gasteiger partial charge in [-0.25, -0.2) is 4.79 Å². The normalized spacial score (nSPS) is 32.7. The van der Waals surface area contributed by atoms with Gasteiger partial charge >= 0.3 is 6.09 Å². The van der Waals surface area contributed by atoms with E-state index in [0.717, 1.165) is 19.3 Å². The molecule has 0 saturated carbocycles. The van der Waals surface area contributed by atoms with Gasteiger partial charge in [-0.05, 0) is 31.6 Å². The predicted molar refractivity (Wildman–Crippen MR) is 111 cm³/mol. The highest BCUT2D eigenvalue weighted by atomic mass is 16.6. The maximum absolute atomic E-state index is 12.1. The minimum Gasteiger partial charge on any atom is -0.449 e. The molecule has 1 N–H and O–H groups in total. The van der Waals surface area contributed by atoms with Crippen molar-refractivity contribution >= 4 is 6.09 Å². The van der Waals surface area contributed by atoms with Gasteiger partial charge in [-0.3, -0.25) is 0 Å². The molecule has 2 aliphatic rings. The first-order chi connectivity index (χ1) is 13.0. The molecule has 1 fully saturated rings. The highest BCUT2D eigenvalue weighted by Crippen LogP contribution is 2.53. The molecular weight excluding hydrogens is 338 g/mol. The van der Waals surface area contributed by atoms with Crippen molar-refractivity contribution in [1.82, 2.24) is 5.32 Å². The summed E-state index contributed by atoms with van der Waals surface area (Å²) < 4.78 is 12.1. The Morgan fingerprint density at radius 1 is 1.22 bits per heavy atom. The Morgan fingerprint density at radius 3 is 2.67 bits per heavy atom. The Hall–Kier alpha value is -1.03. The SMILES string of the molecule is CCCCCC[C@H]1OC[C@@]2(COC(=O)NCCCC)[C@@H](C)C=C(C)[C@H]1[C@@H]2C. The van der Waals surface area contributed by atoms with E-state index in [1.54, 1.807) is 0 Å². The number of ether oxygens (including phenoxy) is 2. The number of carbonyl (C=O) groups excluding carboxylic acids is 1. The second kappa shape index (κ2) is 10.5. The van der Waals surface area contributed by atoms with Crippen LogP contribution >= 0.6 is 0 Å². The van der Waals surface area contributed by atoms with E-state index in [1.165, 1.54) is 31.3 Å². The number of nitrogens with one attached hydrogen (secondary N) is 1. The fourth-order valence-corrected chi connectivity index (χ4v) is 5.04. The van der Waals surface area contributed by atoms with Crippen molar-refractivity contribution in [2.75, 3.05) is 19.8 Å². The van der Waals surface area contributed by atoms with Gasteiger partial charge in [0.15, 0.2) is 0 Å². The van der Waals surface area contributed by atoms with Crippen LogP contribution in [0, 0.1) is 23.2 Å². The summed E-state index contributed by atoms with van der Waals surface area (Å²) in [7, 11) is 0. The number of rotatable bonds is 10. The van der Waals surface area contributed by atoms with Gasteiger partial charge in [0.2, 0.25) is 0 Å². The number of fused-ring (bicyclic) bond motifs is 2. The van der Waals surface area contributed by atoms with Crippen LogP contribution in [0.15, 0.2) is 11.6 Å². The Morgan fingerprint density at radius 2 is 1.96 bits per heavy atom. The second-order valence-corrected chi connectivity index (χ2v) is 8.80. The molecule has 0 aromatic rings. The van der Waals surface area contributed by atoms with E-state index in [4.69, 9.17) is 9.47 Å². The molecule has 0 spiro atoms. The first-order valence-corrected chi connectivity index (χ1v) is 11.2.